The smallest absolute Gasteiger partial charge is 0.216 e. The van der Waals surface area contributed by atoms with Gasteiger partial charge in [0, 0.05) is 28.0 Å². The number of furan rings is 1. The Hall–Kier alpha value is -3.90. The maximum absolute atomic E-state index is 10.2. The molecule has 2 aliphatic carbocycles. The molecule has 3 nitrogen and oxygen atoms in total. The van der Waals surface area contributed by atoms with Gasteiger partial charge < -0.3 is 4.42 Å². The highest BCUT2D eigenvalue weighted by molar-refractivity contribution is 6.14. The van der Waals surface area contributed by atoms with Crippen molar-refractivity contribution < 1.29 is 8.98 Å². The highest BCUT2D eigenvalue weighted by atomic mass is 16.3. The monoisotopic (exact) mass is 567 g/mol. The minimum atomic E-state index is 0.649. The van der Waals surface area contributed by atoms with Crippen molar-refractivity contribution in [3.8, 4) is 28.5 Å². The van der Waals surface area contributed by atoms with Gasteiger partial charge in [0.1, 0.15) is 18.2 Å². The number of aromatic nitrogens is 1. The zero-order chi connectivity index (χ0) is 29.7. The Bertz CT molecular complexity index is 1860. The fourth-order valence-corrected chi connectivity index (χ4v) is 8.28. The number of nitrogens with zero attached hydrogens (tertiary/aromatic N) is 2. The second-order valence-electron chi connectivity index (χ2n) is 13.5. The first-order valence-corrected chi connectivity index (χ1v) is 16.4. The van der Waals surface area contributed by atoms with E-state index in [2.05, 4.69) is 93.2 Å². The summed E-state index contributed by atoms with van der Waals surface area (Å²) in [6.07, 6.45) is 14.8. The molecule has 0 atom stereocenters. The van der Waals surface area contributed by atoms with Gasteiger partial charge in [-0.1, -0.05) is 68.5 Å². The van der Waals surface area contributed by atoms with Crippen LogP contribution in [0.25, 0.3) is 44.3 Å². The van der Waals surface area contributed by atoms with Gasteiger partial charge in [-0.3, -0.25) is 0 Å². The Morgan fingerprint density at radius 2 is 1.35 bits per heavy atom. The average Bonchev–Trinajstić information content (AvgIpc) is 3.42. The third-order valence-corrected chi connectivity index (χ3v) is 10.9. The van der Waals surface area contributed by atoms with E-state index < -0.39 is 0 Å². The maximum Gasteiger partial charge on any atom is 0.216 e. The summed E-state index contributed by atoms with van der Waals surface area (Å²) in [5.74, 6) is 2.57. The van der Waals surface area contributed by atoms with Crippen LogP contribution in [0.4, 0.5) is 0 Å². The Kier molecular flexibility index (Phi) is 7.34. The number of benzene rings is 3. The molecule has 2 saturated carbocycles. The number of aryl methyl sites for hydroxylation is 4. The van der Waals surface area contributed by atoms with Gasteiger partial charge in [-0.2, -0.15) is 5.26 Å². The standard InChI is InChI=1S/C40H43N2O/c1-25-10-20-34-35-21-19-33(23-41)38(40(35)43-39(34)37(25)36-22-26(2)27(3)24-42(36)4)32-17-15-31(16-18-32)30-13-11-29(12-14-30)28-8-6-5-7-9-28/h10,15-22,24,28-30H,5-9,11-14H2,1-4H3/q+1. The van der Waals surface area contributed by atoms with Crippen LogP contribution in [0.2, 0.25) is 0 Å². The predicted molar refractivity (Wildman–Crippen MR) is 176 cm³/mol. The summed E-state index contributed by atoms with van der Waals surface area (Å²) >= 11 is 0. The van der Waals surface area contributed by atoms with Gasteiger partial charge in [-0.05, 0) is 98.6 Å². The van der Waals surface area contributed by atoms with Crippen molar-refractivity contribution in [3.05, 3.63) is 88.6 Å². The summed E-state index contributed by atoms with van der Waals surface area (Å²) in [6, 6.07) is 22.2. The second-order valence-corrected chi connectivity index (χ2v) is 13.5. The van der Waals surface area contributed by atoms with Gasteiger partial charge in [0.05, 0.1) is 17.2 Å². The lowest BCUT2D eigenvalue weighted by molar-refractivity contribution is -0.660. The summed E-state index contributed by atoms with van der Waals surface area (Å²) in [4.78, 5) is 0. The Morgan fingerprint density at radius 3 is 2.05 bits per heavy atom. The average molecular weight is 568 g/mol. The van der Waals surface area contributed by atoms with E-state index in [0.717, 1.165) is 56.2 Å². The predicted octanol–water partition coefficient (Wildman–Crippen LogP) is 10.4. The van der Waals surface area contributed by atoms with E-state index >= 15 is 0 Å². The summed E-state index contributed by atoms with van der Waals surface area (Å²) in [6.45, 7) is 6.47. The van der Waals surface area contributed by atoms with Crippen LogP contribution in [-0.4, -0.2) is 0 Å². The third kappa shape index (κ3) is 4.96. The second kappa shape index (κ2) is 11.3. The zero-order valence-corrected chi connectivity index (χ0v) is 26.2. The lowest BCUT2D eigenvalue weighted by Gasteiger charge is -2.36. The molecule has 0 bridgehead atoms. The van der Waals surface area contributed by atoms with Crippen molar-refractivity contribution >= 4 is 21.9 Å². The summed E-state index contributed by atoms with van der Waals surface area (Å²) in [5, 5.41) is 12.3. The molecule has 0 spiro atoms. The molecule has 3 heteroatoms. The lowest BCUT2D eigenvalue weighted by atomic mass is 9.70. The normalized spacial score (nSPS) is 19.6. The topological polar surface area (TPSA) is 40.8 Å². The first-order chi connectivity index (χ1) is 20.9. The molecule has 0 unspecified atom stereocenters. The van der Waals surface area contributed by atoms with Gasteiger partial charge in [0.25, 0.3) is 0 Å². The minimum absolute atomic E-state index is 0.649. The van der Waals surface area contributed by atoms with Crippen molar-refractivity contribution in [2.45, 2.75) is 84.5 Å². The minimum Gasteiger partial charge on any atom is -0.454 e. The number of rotatable bonds is 4. The van der Waals surface area contributed by atoms with Crippen LogP contribution in [-0.2, 0) is 7.05 Å². The molecular weight excluding hydrogens is 524 g/mol. The van der Waals surface area contributed by atoms with Crippen LogP contribution < -0.4 is 4.57 Å². The summed E-state index contributed by atoms with van der Waals surface area (Å²) in [7, 11) is 2.10. The SMILES string of the molecule is Cc1cc(-c2c(C)ccc3c2oc2c(-c4ccc(C5CCC(C6CCCCC6)CC5)cc4)c(C#N)ccc23)[n+](C)cc1C. The molecule has 0 aliphatic heterocycles. The largest absolute Gasteiger partial charge is 0.454 e. The van der Waals surface area contributed by atoms with Crippen molar-refractivity contribution in [1.29, 1.82) is 5.26 Å². The van der Waals surface area contributed by atoms with E-state index in [1.165, 1.54) is 80.0 Å². The van der Waals surface area contributed by atoms with Crippen molar-refractivity contribution in [2.24, 2.45) is 18.9 Å². The molecule has 0 saturated heterocycles. The molecule has 218 valence electrons. The number of pyridine rings is 1. The molecule has 2 fully saturated rings. The fraction of sp³-hybridized carbons (Fsp3) is 0.400. The van der Waals surface area contributed by atoms with E-state index in [4.69, 9.17) is 4.42 Å². The van der Waals surface area contributed by atoms with Gasteiger partial charge in [0.15, 0.2) is 6.20 Å². The van der Waals surface area contributed by atoms with Crippen molar-refractivity contribution in [2.75, 3.05) is 0 Å². The van der Waals surface area contributed by atoms with Crippen LogP contribution >= 0.6 is 0 Å². The van der Waals surface area contributed by atoms with Crippen LogP contribution in [0.3, 0.4) is 0 Å². The van der Waals surface area contributed by atoms with Gasteiger partial charge in [-0.25, -0.2) is 4.57 Å². The quantitative estimate of drug-likeness (QED) is 0.203. The van der Waals surface area contributed by atoms with Crippen LogP contribution in [0.5, 0.6) is 0 Å². The van der Waals surface area contributed by atoms with E-state index in [1.54, 1.807) is 0 Å². The molecule has 7 rings (SSSR count). The Morgan fingerprint density at radius 1 is 0.698 bits per heavy atom. The molecule has 0 N–H and O–H groups in total. The fourth-order valence-electron chi connectivity index (χ4n) is 8.28. The van der Waals surface area contributed by atoms with Crippen molar-refractivity contribution in [1.82, 2.24) is 0 Å². The molecule has 0 amide bonds. The molecule has 3 aromatic carbocycles. The third-order valence-electron chi connectivity index (χ3n) is 10.9. The molecule has 43 heavy (non-hydrogen) atoms. The molecular formula is C40H43N2O+. The van der Waals surface area contributed by atoms with E-state index in [0.29, 0.717) is 11.5 Å². The van der Waals surface area contributed by atoms with Gasteiger partial charge >= 0.3 is 0 Å². The van der Waals surface area contributed by atoms with E-state index in [1.807, 2.05) is 6.07 Å². The highest BCUT2D eigenvalue weighted by Crippen LogP contribution is 2.45. The molecule has 2 heterocycles. The van der Waals surface area contributed by atoms with Gasteiger partial charge in [-0.15, -0.1) is 0 Å². The Labute approximate surface area is 256 Å². The zero-order valence-electron chi connectivity index (χ0n) is 26.2. The van der Waals surface area contributed by atoms with Crippen LogP contribution in [0.15, 0.2) is 65.2 Å². The first-order valence-electron chi connectivity index (χ1n) is 16.4. The molecule has 2 aromatic heterocycles. The maximum atomic E-state index is 10.2. The van der Waals surface area contributed by atoms with E-state index in [9.17, 15) is 5.26 Å². The number of nitriles is 1. The van der Waals surface area contributed by atoms with Crippen molar-refractivity contribution in [3.63, 3.8) is 0 Å². The lowest BCUT2D eigenvalue weighted by Crippen LogP contribution is -2.31. The summed E-state index contributed by atoms with van der Waals surface area (Å²) in [5.41, 5.74) is 11.7. The first kappa shape index (κ1) is 27.9. The summed E-state index contributed by atoms with van der Waals surface area (Å²) < 4.78 is 9.02. The molecule has 2 aliphatic rings. The number of fused-ring (bicyclic) bond motifs is 3. The number of hydrogen-bond donors (Lipinski definition) is 0. The van der Waals surface area contributed by atoms with E-state index in [-0.39, 0.29) is 0 Å². The Balaban J connectivity index is 1.26. The highest BCUT2D eigenvalue weighted by Gasteiger charge is 2.29. The molecule has 0 radical (unpaired) electrons. The van der Waals surface area contributed by atoms with Crippen LogP contribution in [0, 0.1) is 43.9 Å². The van der Waals surface area contributed by atoms with Gasteiger partial charge in [0.2, 0.25) is 5.69 Å². The van der Waals surface area contributed by atoms with Crippen LogP contribution in [0.1, 0.15) is 91.5 Å². The molecule has 5 aromatic rings. The number of hydrogen-bond acceptors (Lipinski definition) is 2.